The smallest absolute Gasteiger partial charge is 0.119 e. The summed E-state index contributed by atoms with van der Waals surface area (Å²) in [6, 6.07) is 4.12. The number of methoxy groups -OCH3 is 1. The molecule has 0 amide bonds. The quantitative estimate of drug-likeness (QED) is 0.834. The topological polar surface area (TPSA) is 35.2 Å². The van der Waals surface area contributed by atoms with Crippen LogP contribution in [-0.2, 0) is 0 Å². The van der Waals surface area contributed by atoms with Crippen LogP contribution in [0.15, 0.2) is 12.1 Å². The van der Waals surface area contributed by atoms with E-state index in [1.807, 2.05) is 0 Å². The molecule has 0 bridgehead atoms. The first-order valence-electron chi connectivity index (χ1n) is 5.83. The molecule has 0 heterocycles. The van der Waals surface area contributed by atoms with Gasteiger partial charge in [0.1, 0.15) is 5.75 Å². The highest BCUT2D eigenvalue weighted by Gasteiger charge is 2.20. The molecule has 1 aromatic carbocycles. The predicted molar refractivity (Wildman–Crippen MR) is 76.8 cm³/mol. The number of benzene rings is 1. The molecule has 0 radical (unpaired) electrons. The lowest BCUT2D eigenvalue weighted by Crippen LogP contribution is -2.24. The number of thiocarbonyl (C=S) groups is 1. The minimum Gasteiger partial charge on any atom is -0.497 e. The summed E-state index contributed by atoms with van der Waals surface area (Å²) < 4.78 is 5.27. The molecule has 2 unspecified atom stereocenters. The normalized spacial score (nSPS) is 14.2. The maximum atomic E-state index is 5.74. The van der Waals surface area contributed by atoms with E-state index in [0.717, 1.165) is 5.75 Å². The van der Waals surface area contributed by atoms with Crippen LogP contribution in [0.1, 0.15) is 36.5 Å². The Morgan fingerprint density at radius 1 is 1.24 bits per heavy atom. The Kier molecular flexibility index (Phi) is 4.52. The molecule has 0 spiro atoms. The lowest BCUT2D eigenvalue weighted by atomic mass is 9.83. The van der Waals surface area contributed by atoms with Crippen LogP contribution in [0.25, 0.3) is 0 Å². The van der Waals surface area contributed by atoms with Crippen molar-refractivity contribution in [2.24, 2.45) is 11.7 Å². The molecule has 0 aromatic heterocycles. The minimum atomic E-state index is 0.204. The number of hydrogen-bond donors (Lipinski definition) is 1. The maximum Gasteiger partial charge on any atom is 0.119 e. The Balaban J connectivity index is 3.18. The van der Waals surface area contributed by atoms with Gasteiger partial charge in [-0.3, -0.25) is 0 Å². The van der Waals surface area contributed by atoms with Crippen molar-refractivity contribution in [2.45, 2.75) is 33.6 Å². The zero-order valence-corrected chi connectivity index (χ0v) is 12.0. The molecule has 0 fully saturated rings. The number of rotatable bonds is 4. The molecule has 1 rings (SSSR count). The zero-order valence-electron chi connectivity index (χ0n) is 11.2. The van der Waals surface area contributed by atoms with Gasteiger partial charge in [0.25, 0.3) is 0 Å². The summed E-state index contributed by atoms with van der Waals surface area (Å²) in [6.45, 7) is 8.46. The van der Waals surface area contributed by atoms with Gasteiger partial charge in [0, 0.05) is 5.92 Å². The first-order chi connectivity index (χ1) is 7.88. The Morgan fingerprint density at radius 2 is 1.71 bits per heavy atom. The highest BCUT2D eigenvalue weighted by molar-refractivity contribution is 7.80. The van der Waals surface area contributed by atoms with Gasteiger partial charge in [-0.05, 0) is 48.6 Å². The third-order valence-corrected chi connectivity index (χ3v) is 3.83. The van der Waals surface area contributed by atoms with E-state index in [4.69, 9.17) is 22.7 Å². The fourth-order valence-electron chi connectivity index (χ4n) is 2.27. The van der Waals surface area contributed by atoms with E-state index < -0.39 is 0 Å². The zero-order chi connectivity index (χ0) is 13.2. The first-order valence-corrected chi connectivity index (χ1v) is 6.23. The first kappa shape index (κ1) is 14.0. The van der Waals surface area contributed by atoms with Gasteiger partial charge in [-0.25, -0.2) is 0 Å². The van der Waals surface area contributed by atoms with E-state index in [1.165, 1.54) is 16.7 Å². The second kappa shape index (κ2) is 5.50. The van der Waals surface area contributed by atoms with Crippen molar-refractivity contribution in [3.63, 3.8) is 0 Å². The average molecular weight is 251 g/mol. The van der Waals surface area contributed by atoms with Crippen LogP contribution in [0.5, 0.6) is 5.75 Å². The van der Waals surface area contributed by atoms with E-state index in [0.29, 0.717) is 10.9 Å². The average Bonchev–Trinajstić information content (AvgIpc) is 2.26. The fourth-order valence-corrected chi connectivity index (χ4v) is 2.47. The second-order valence-corrected chi connectivity index (χ2v) is 5.13. The third kappa shape index (κ3) is 2.97. The summed E-state index contributed by atoms with van der Waals surface area (Å²) in [7, 11) is 1.69. The SMILES string of the molecule is COc1cc(C)c(C(C)C(C)C(N)=S)c(C)c1. The van der Waals surface area contributed by atoms with Gasteiger partial charge < -0.3 is 10.5 Å². The predicted octanol–water partition coefficient (Wildman–Crippen LogP) is 3.34. The summed E-state index contributed by atoms with van der Waals surface area (Å²) in [4.78, 5) is 0.576. The van der Waals surface area contributed by atoms with Gasteiger partial charge in [-0.1, -0.05) is 26.1 Å². The third-order valence-electron chi connectivity index (χ3n) is 3.46. The molecule has 0 saturated carbocycles. The summed E-state index contributed by atoms with van der Waals surface area (Å²) in [5.74, 6) is 1.44. The molecular formula is C14H21NOS. The monoisotopic (exact) mass is 251 g/mol. The van der Waals surface area contributed by atoms with Gasteiger partial charge in [0.05, 0.1) is 12.1 Å². The highest BCUT2D eigenvalue weighted by Crippen LogP contribution is 2.32. The van der Waals surface area contributed by atoms with Gasteiger partial charge in [-0.2, -0.15) is 0 Å². The fraction of sp³-hybridized carbons (Fsp3) is 0.500. The largest absolute Gasteiger partial charge is 0.497 e. The van der Waals surface area contributed by atoms with E-state index in [1.54, 1.807) is 7.11 Å². The molecule has 2 N–H and O–H groups in total. The Hall–Kier alpha value is -1.09. The van der Waals surface area contributed by atoms with Gasteiger partial charge in [0.15, 0.2) is 0 Å². The molecule has 3 heteroatoms. The Labute approximate surface area is 109 Å². The molecule has 17 heavy (non-hydrogen) atoms. The van der Waals surface area contributed by atoms with Crippen molar-refractivity contribution in [1.29, 1.82) is 0 Å². The standard InChI is InChI=1S/C14H21NOS/c1-8-6-12(16-5)7-9(2)13(8)10(3)11(4)14(15)17/h6-7,10-11H,1-5H3,(H2,15,17). The molecule has 2 nitrogen and oxygen atoms in total. The van der Waals surface area contributed by atoms with Crippen molar-refractivity contribution in [1.82, 2.24) is 0 Å². The Bertz CT molecular complexity index is 405. The van der Waals surface area contributed by atoms with Crippen LogP contribution in [0.2, 0.25) is 0 Å². The van der Waals surface area contributed by atoms with E-state index in [2.05, 4.69) is 39.8 Å². The molecule has 1 aromatic rings. The number of aryl methyl sites for hydroxylation is 2. The molecular weight excluding hydrogens is 230 g/mol. The van der Waals surface area contributed by atoms with Crippen LogP contribution < -0.4 is 10.5 Å². The van der Waals surface area contributed by atoms with Gasteiger partial charge >= 0.3 is 0 Å². The van der Waals surface area contributed by atoms with E-state index in [9.17, 15) is 0 Å². The molecule has 0 aliphatic carbocycles. The van der Waals surface area contributed by atoms with Crippen LogP contribution in [0.4, 0.5) is 0 Å². The van der Waals surface area contributed by atoms with Crippen molar-refractivity contribution in [3.8, 4) is 5.75 Å². The summed E-state index contributed by atoms with van der Waals surface area (Å²) in [5.41, 5.74) is 9.53. The number of ether oxygens (including phenoxy) is 1. The molecule has 0 saturated heterocycles. The van der Waals surface area contributed by atoms with Crippen LogP contribution in [-0.4, -0.2) is 12.1 Å². The lowest BCUT2D eigenvalue weighted by Gasteiger charge is -2.23. The summed E-state index contributed by atoms with van der Waals surface area (Å²) >= 11 is 5.08. The van der Waals surface area contributed by atoms with Crippen molar-refractivity contribution in [2.75, 3.05) is 7.11 Å². The van der Waals surface area contributed by atoms with Crippen molar-refractivity contribution < 1.29 is 4.74 Å². The van der Waals surface area contributed by atoms with Crippen LogP contribution in [0.3, 0.4) is 0 Å². The highest BCUT2D eigenvalue weighted by atomic mass is 32.1. The summed E-state index contributed by atoms with van der Waals surface area (Å²) in [5, 5.41) is 0. The second-order valence-electron chi connectivity index (χ2n) is 4.65. The van der Waals surface area contributed by atoms with E-state index in [-0.39, 0.29) is 5.92 Å². The molecule has 94 valence electrons. The molecule has 2 atom stereocenters. The number of hydrogen-bond acceptors (Lipinski definition) is 2. The lowest BCUT2D eigenvalue weighted by molar-refractivity contribution is 0.413. The van der Waals surface area contributed by atoms with Crippen molar-refractivity contribution >= 4 is 17.2 Å². The van der Waals surface area contributed by atoms with Crippen molar-refractivity contribution in [3.05, 3.63) is 28.8 Å². The van der Waals surface area contributed by atoms with Crippen LogP contribution >= 0.6 is 12.2 Å². The molecule has 0 aliphatic heterocycles. The Morgan fingerprint density at radius 3 is 2.06 bits per heavy atom. The van der Waals surface area contributed by atoms with Crippen LogP contribution in [0, 0.1) is 19.8 Å². The maximum absolute atomic E-state index is 5.74. The number of nitrogens with two attached hydrogens (primary N) is 1. The minimum absolute atomic E-state index is 0.204. The molecule has 0 aliphatic rings. The van der Waals surface area contributed by atoms with E-state index >= 15 is 0 Å². The summed E-state index contributed by atoms with van der Waals surface area (Å²) in [6.07, 6.45) is 0. The van der Waals surface area contributed by atoms with Gasteiger partial charge in [-0.15, -0.1) is 0 Å². The van der Waals surface area contributed by atoms with Gasteiger partial charge in [0.2, 0.25) is 0 Å².